The number of anilines is 3. The number of nitrogens with zero attached hydrogens (tertiary/aromatic N) is 5. The summed E-state index contributed by atoms with van der Waals surface area (Å²) in [6.45, 7) is 4.73. The lowest BCUT2D eigenvalue weighted by Gasteiger charge is -2.30. The van der Waals surface area contributed by atoms with Crippen LogP contribution in [0.15, 0.2) is 29.2 Å². The Hall–Kier alpha value is -2.70. The minimum atomic E-state index is -3.88. The molecule has 11 nitrogen and oxygen atoms in total. The average molecular weight is 436 g/mol. The SMILES string of the molecule is COc1ccc(S(=O)(=O)Nc2nc(N3CCOCC3)nc(N3CCOCC3)n2)cc1. The van der Waals surface area contributed by atoms with Gasteiger partial charge in [0.1, 0.15) is 5.75 Å². The predicted molar refractivity (Wildman–Crippen MR) is 110 cm³/mol. The lowest BCUT2D eigenvalue weighted by atomic mass is 10.3. The second-order valence-electron chi connectivity index (χ2n) is 6.74. The van der Waals surface area contributed by atoms with E-state index >= 15 is 0 Å². The molecule has 0 radical (unpaired) electrons. The second-order valence-corrected chi connectivity index (χ2v) is 8.42. The molecule has 1 aromatic carbocycles. The van der Waals surface area contributed by atoms with Gasteiger partial charge in [0.05, 0.1) is 38.4 Å². The van der Waals surface area contributed by atoms with Crippen molar-refractivity contribution in [2.24, 2.45) is 0 Å². The van der Waals surface area contributed by atoms with E-state index in [1.807, 2.05) is 9.80 Å². The molecule has 4 rings (SSSR count). The molecule has 3 heterocycles. The van der Waals surface area contributed by atoms with Crippen LogP contribution in [0, 0.1) is 0 Å². The first kappa shape index (κ1) is 20.6. The quantitative estimate of drug-likeness (QED) is 0.679. The molecule has 0 saturated carbocycles. The fraction of sp³-hybridized carbons (Fsp3) is 0.500. The summed E-state index contributed by atoms with van der Waals surface area (Å²) in [7, 11) is -2.36. The molecule has 2 fully saturated rings. The molecule has 1 aromatic heterocycles. The van der Waals surface area contributed by atoms with Gasteiger partial charge in [0.15, 0.2) is 0 Å². The van der Waals surface area contributed by atoms with Gasteiger partial charge >= 0.3 is 0 Å². The zero-order chi connectivity index (χ0) is 21.0. The van der Waals surface area contributed by atoms with Gasteiger partial charge in [0.2, 0.25) is 17.8 Å². The Labute approximate surface area is 175 Å². The molecule has 2 aromatic rings. The fourth-order valence-electron chi connectivity index (χ4n) is 3.14. The maximum Gasteiger partial charge on any atom is 0.264 e. The van der Waals surface area contributed by atoms with Crippen LogP contribution in [-0.2, 0) is 19.5 Å². The van der Waals surface area contributed by atoms with Crippen LogP contribution in [0.5, 0.6) is 5.75 Å². The molecule has 1 N–H and O–H groups in total. The van der Waals surface area contributed by atoms with Crippen molar-refractivity contribution in [3.8, 4) is 5.75 Å². The number of morpholine rings is 2. The smallest absolute Gasteiger partial charge is 0.264 e. The van der Waals surface area contributed by atoms with Crippen LogP contribution in [-0.4, -0.2) is 83.1 Å². The molecule has 0 atom stereocenters. The number of methoxy groups -OCH3 is 1. The molecule has 0 aliphatic carbocycles. The van der Waals surface area contributed by atoms with Gasteiger partial charge in [-0.25, -0.2) is 13.1 Å². The first-order valence-corrected chi connectivity index (χ1v) is 11.1. The monoisotopic (exact) mass is 436 g/mol. The number of benzene rings is 1. The molecule has 0 amide bonds. The summed E-state index contributed by atoms with van der Waals surface area (Å²) in [5, 5.41) is 0. The molecule has 2 aliphatic rings. The van der Waals surface area contributed by atoms with Gasteiger partial charge in [-0.15, -0.1) is 0 Å². The van der Waals surface area contributed by atoms with Crippen molar-refractivity contribution in [1.29, 1.82) is 0 Å². The van der Waals surface area contributed by atoms with Crippen molar-refractivity contribution in [2.45, 2.75) is 4.90 Å². The van der Waals surface area contributed by atoms with Crippen LogP contribution in [0.1, 0.15) is 0 Å². The molecule has 162 valence electrons. The van der Waals surface area contributed by atoms with Gasteiger partial charge in [0, 0.05) is 26.2 Å². The van der Waals surface area contributed by atoms with Gasteiger partial charge < -0.3 is 24.0 Å². The summed E-state index contributed by atoms with van der Waals surface area (Å²) < 4.78 is 44.1. The molecule has 0 bridgehead atoms. The number of hydrogen-bond acceptors (Lipinski definition) is 10. The minimum Gasteiger partial charge on any atom is -0.497 e. The third-order valence-corrected chi connectivity index (χ3v) is 6.14. The summed E-state index contributed by atoms with van der Waals surface area (Å²) >= 11 is 0. The Morgan fingerprint density at radius 3 is 1.83 bits per heavy atom. The number of sulfonamides is 1. The van der Waals surface area contributed by atoms with E-state index in [9.17, 15) is 8.42 Å². The van der Waals surface area contributed by atoms with Crippen LogP contribution in [0.25, 0.3) is 0 Å². The molecule has 2 saturated heterocycles. The Balaban J connectivity index is 1.64. The highest BCUT2D eigenvalue weighted by molar-refractivity contribution is 7.92. The van der Waals surface area contributed by atoms with E-state index in [2.05, 4.69) is 19.7 Å². The summed E-state index contributed by atoms with van der Waals surface area (Å²) in [5.74, 6) is 1.38. The Kier molecular flexibility index (Phi) is 6.16. The van der Waals surface area contributed by atoms with Crippen molar-refractivity contribution in [3.63, 3.8) is 0 Å². The van der Waals surface area contributed by atoms with E-state index in [0.29, 0.717) is 70.3 Å². The average Bonchev–Trinajstić information content (AvgIpc) is 2.80. The zero-order valence-electron chi connectivity index (χ0n) is 16.7. The van der Waals surface area contributed by atoms with Crippen molar-refractivity contribution in [2.75, 3.05) is 74.2 Å². The van der Waals surface area contributed by atoms with Crippen molar-refractivity contribution >= 4 is 27.9 Å². The van der Waals surface area contributed by atoms with Crippen LogP contribution >= 0.6 is 0 Å². The van der Waals surface area contributed by atoms with Gasteiger partial charge in [-0.1, -0.05) is 0 Å². The van der Waals surface area contributed by atoms with Crippen LogP contribution in [0.4, 0.5) is 17.8 Å². The van der Waals surface area contributed by atoms with E-state index in [1.165, 1.54) is 19.2 Å². The zero-order valence-corrected chi connectivity index (χ0v) is 17.5. The summed E-state index contributed by atoms with van der Waals surface area (Å²) in [4.78, 5) is 17.3. The minimum absolute atomic E-state index is 0.0243. The molecular formula is C18H24N6O5S. The number of hydrogen-bond donors (Lipinski definition) is 1. The Morgan fingerprint density at radius 1 is 0.867 bits per heavy atom. The Morgan fingerprint density at radius 2 is 1.37 bits per heavy atom. The first-order chi connectivity index (χ1) is 14.5. The maximum atomic E-state index is 12.9. The highest BCUT2D eigenvalue weighted by atomic mass is 32.2. The third kappa shape index (κ3) is 4.71. The second kappa shape index (κ2) is 8.98. The standard InChI is InChI=1S/C18H24N6O5S/c1-27-14-2-4-15(5-3-14)30(25,26)22-16-19-17(23-6-10-28-11-7-23)21-18(20-16)24-8-12-29-13-9-24/h2-5H,6-13H2,1H3,(H,19,20,21,22). The molecule has 0 unspecified atom stereocenters. The normalized spacial score (nSPS) is 17.6. The van der Waals surface area contributed by atoms with Crippen LogP contribution in [0.3, 0.4) is 0 Å². The van der Waals surface area contributed by atoms with Crippen LogP contribution in [0.2, 0.25) is 0 Å². The van der Waals surface area contributed by atoms with Gasteiger partial charge in [-0.2, -0.15) is 15.0 Å². The molecule has 2 aliphatic heterocycles. The van der Waals surface area contributed by atoms with Gasteiger partial charge in [-0.3, -0.25) is 0 Å². The number of aromatic nitrogens is 3. The largest absolute Gasteiger partial charge is 0.497 e. The van der Waals surface area contributed by atoms with Crippen molar-refractivity contribution in [1.82, 2.24) is 15.0 Å². The van der Waals surface area contributed by atoms with Gasteiger partial charge in [-0.05, 0) is 24.3 Å². The maximum absolute atomic E-state index is 12.9. The lowest BCUT2D eigenvalue weighted by Crippen LogP contribution is -2.40. The van der Waals surface area contributed by atoms with E-state index in [1.54, 1.807) is 12.1 Å². The summed E-state index contributed by atoms with van der Waals surface area (Å²) in [5.41, 5.74) is 0. The third-order valence-electron chi connectivity index (χ3n) is 4.80. The van der Waals surface area contributed by atoms with E-state index in [-0.39, 0.29) is 10.8 Å². The van der Waals surface area contributed by atoms with E-state index < -0.39 is 10.0 Å². The molecule has 30 heavy (non-hydrogen) atoms. The fourth-order valence-corrected chi connectivity index (χ4v) is 4.09. The van der Waals surface area contributed by atoms with Crippen LogP contribution < -0.4 is 19.3 Å². The topological polar surface area (TPSA) is 119 Å². The first-order valence-electron chi connectivity index (χ1n) is 9.63. The van der Waals surface area contributed by atoms with E-state index in [0.717, 1.165) is 0 Å². The highest BCUT2D eigenvalue weighted by Crippen LogP contribution is 2.22. The number of nitrogens with one attached hydrogen (secondary N) is 1. The van der Waals surface area contributed by atoms with E-state index in [4.69, 9.17) is 14.2 Å². The summed E-state index contributed by atoms with van der Waals surface area (Å²) in [6, 6.07) is 6.10. The molecule has 12 heteroatoms. The number of ether oxygens (including phenoxy) is 3. The lowest BCUT2D eigenvalue weighted by molar-refractivity contribution is 0.121. The summed E-state index contributed by atoms with van der Waals surface area (Å²) in [6.07, 6.45) is 0. The molecule has 0 spiro atoms. The number of rotatable bonds is 6. The Bertz CT molecular complexity index is 923. The van der Waals surface area contributed by atoms with Gasteiger partial charge in [0.25, 0.3) is 10.0 Å². The van der Waals surface area contributed by atoms with Crippen molar-refractivity contribution < 1.29 is 22.6 Å². The highest BCUT2D eigenvalue weighted by Gasteiger charge is 2.23. The predicted octanol–water partition coefficient (Wildman–Crippen LogP) is 0.354. The van der Waals surface area contributed by atoms with Crippen molar-refractivity contribution in [3.05, 3.63) is 24.3 Å². The molecular weight excluding hydrogens is 412 g/mol.